The van der Waals surface area contributed by atoms with Crippen LogP contribution in [0.2, 0.25) is 0 Å². The summed E-state index contributed by atoms with van der Waals surface area (Å²) < 4.78 is 33.5. The van der Waals surface area contributed by atoms with Crippen molar-refractivity contribution in [3.63, 3.8) is 0 Å². The number of anilines is 1. The van der Waals surface area contributed by atoms with Crippen LogP contribution in [-0.4, -0.2) is 39.3 Å². The van der Waals surface area contributed by atoms with Crippen LogP contribution in [0.15, 0.2) is 48.5 Å². The average Bonchev–Trinajstić information content (AvgIpc) is 2.68. The van der Waals surface area contributed by atoms with Gasteiger partial charge in [-0.2, -0.15) is 5.26 Å². The van der Waals surface area contributed by atoms with E-state index in [9.17, 15) is 18.0 Å². The highest BCUT2D eigenvalue weighted by atomic mass is 32.2. The Morgan fingerprint density at radius 2 is 1.72 bits per heavy atom. The maximum Gasteiger partial charge on any atom is 0.338 e. The van der Waals surface area contributed by atoms with E-state index in [0.717, 1.165) is 0 Å². The molecule has 152 valence electrons. The number of methoxy groups -OCH3 is 1. The van der Waals surface area contributed by atoms with Crippen molar-refractivity contribution in [1.29, 1.82) is 5.26 Å². The van der Waals surface area contributed by atoms with E-state index < -0.39 is 33.6 Å². The zero-order valence-electron chi connectivity index (χ0n) is 15.9. The van der Waals surface area contributed by atoms with Crippen LogP contribution < -0.4 is 10.1 Å². The maximum absolute atomic E-state index is 12.2. The number of ether oxygens (including phenoxy) is 2. The largest absolute Gasteiger partial charge is 0.497 e. The van der Waals surface area contributed by atoms with Crippen LogP contribution in [0.3, 0.4) is 0 Å². The summed E-state index contributed by atoms with van der Waals surface area (Å²) in [6.45, 7) is 1.44. The first-order valence-corrected chi connectivity index (χ1v) is 10.4. The third-order valence-corrected chi connectivity index (χ3v) is 5.21. The van der Waals surface area contributed by atoms with E-state index in [4.69, 9.17) is 14.7 Å². The van der Waals surface area contributed by atoms with Gasteiger partial charge in [0.25, 0.3) is 5.91 Å². The molecule has 1 atom stereocenters. The fourth-order valence-corrected chi connectivity index (χ4v) is 3.34. The summed E-state index contributed by atoms with van der Waals surface area (Å²) in [6.07, 6.45) is -1.04. The molecule has 2 aromatic rings. The van der Waals surface area contributed by atoms with Crippen molar-refractivity contribution in [2.24, 2.45) is 0 Å². The predicted molar refractivity (Wildman–Crippen MR) is 106 cm³/mol. The molecule has 0 saturated heterocycles. The van der Waals surface area contributed by atoms with Crippen molar-refractivity contribution >= 4 is 27.4 Å². The molecule has 2 rings (SSSR count). The summed E-state index contributed by atoms with van der Waals surface area (Å²) in [5.41, 5.74) is 1.15. The number of nitrogens with zero attached hydrogens (tertiary/aromatic N) is 1. The van der Waals surface area contributed by atoms with Gasteiger partial charge in [-0.15, -0.1) is 0 Å². The molecule has 0 aliphatic rings. The Labute approximate surface area is 169 Å². The number of sulfone groups is 1. The smallest absolute Gasteiger partial charge is 0.338 e. The molecule has 29 heavy (non-hydrogen) atoms. The third-order valence-electron chi connectivity index (χ3n) is 3.87. The second-order valence-corrected chi connectivity index (χ2v) is 8.22. The first kappa shape index (κ1) is 21.9. The van der Waals surface area contributed by atoms with E-state index in [2.05, 4.69) is 5.32 Å². The van der Waals surface area contributed by atoms with Gasteiger partial charge in [-0.1, -0.05) is 12.1 Å². The average molecular weight is 416 g/mol. The van der Waals surface area contributed by atoms with Crippen LogP contribution in [0, 0.1) is 11.3 Å². The van der Waals surface area contributed by atoms with Gasteiger partial charge in [0.1, 0.15) is 11.5 Å². The molecule has 1 N–H and O–H groups in total. The van der Waals surface area contributed by atoms with Gasteiger partial charge in [0.05, 0.1) is 24.5 Å². The van der Waals surface area contributed by atoms with Crippen LogP contribution in [0.25, 0.3) is 0 Å². The highest BCUT2D eigenvalue weighted by molar-refractivity contribution is 7.90. The fraction of sp³-hybridized carbons (Fsp3) is 0.250. The molecule has 8 nitrogen and oxygen atoms in total. The summed E-state index contributed by atoms with van der Waals surface area (Å²) in [5, 5.41) is 11.1. The molecule has 0 heterocycles. The standard InChI is InChI=1S/C20H20N2O6S/c1-14(19(23)22-17-7-9-18(27-2)10-8-17)28-20(24)16-5-3-15(4-6-16)13-29(25,26)12-11-21/h3-10,14H,12-13H2,1-2H3,(H,22,23)/t14-/m0/s1. The normalized spacial score (nSPS) is 11.8. The number of hydrogen-bond acceptors (Lipinski definition) is 7. The molecule has 0 aliphatic heterocycles. The van der Waals surface area contributed by atoms with Crippen LogP contribution in [-0.2, 0) is 25.1 Å². The molecule has 9 heteroatoms. The number of nitriles is 1. The van der Waals surface area contributed by atoms with Crippen LogP contribution in [0.5, 0.6) is 5.75 Å². The van der Waals surface area contributed by atoms with E-state index in [1.54, 1.807) is 30.3 Å². The quantitative estimate of drug-likeness (QED) is 0.655. The second kappa shape index (κ2) is 9.71. The van der Waals surface area contributed by atoms with E-state index in [-0.39, 0.29) is 11.3 Å². The van der Waals surface area contributed by atoms with Crippen LogP contribution in [0.4, 0.5) is 5.69 Å². The summed E-state index contributed by atoms with van der Waals surface area (Å²) in [4.78, 5) is 24.4. The molecule has 2 aromatic carbocycles. The number of amides is 1. The van der Waals surface area contributed by atoms with Gasteiger partial charge >= 0.3 is 5.97 Å². The number of esters is 1. The van der Waals surface area contributed by atoms with Gasteiger partial charge < -0.3 is 14.8 Å². The Bertz CT molecular complexity index is 1010. The Kier molecular flexibility index (Phi) is 7.33. The molecule has 0 fully saturated rings. The third kappa shape index (κ3) is 6.62. The Hall–Kier alpha value is -3.38. The predicted octanol–water partition coefficient (Wildman–Crippen LogP) is 2.32. The molecule has 1 amide bonds. The maximum atomic E-state index is 12.2. The van der Waals surface area contributed by atoms with Crippen LogP contribution in [0.1, 0.15) is 22.8 Å². The number of benzene rings is 2. The molecule has 0 unspecified atom stereocenters. The molecular formula is C20H20N2O6S. The van der Waals surface area contributed by atoms with E-state index in [0.29, 0.717) is 17.0 Å². The minimum Gasteiger partial charge on any atom is -0.497 e. The van der Waals surface area contributed by atoms with Gasteiger partial charge in [0.2, 0.25) is 0 Å². The lowest BCUT2D eigenvalue weighted by molar-refractivity contribution is -0.123. The lowest BCUT2D eigenvalue weighted by Gasteiger charge is -2.14. The van der Waals surface area contributed by atoms with Crippen LogP contribution >= 0.6 is 0 Å². The van der Waals surface area contributed by atoms with Crippen molar-refractivity contribution in [3.8, 4) is 11.8 Å². The lowest BCUT2D eigenvalue weighted by atomic mass is 10.1. The van der Waals surface area contributed by atoms with Crippen molar-refractivity contribution in [2.45, 2.75) is 18.8 Å². The molecule has 0 saturated carbocycles. The zero-order valence-corrected chi connectivity index (χ0v) is 16.7. The van der Waals surface area contributed by atoms with E-state index in [1.807, 2.05) is 0 Å². The van der Waals surface area contributed by atoms with E-state index >= 15 is 0 Å². The number of hydrogen-bond donors (Lipinski definition) is 1. The van der Waals surface area contributed by atoms with Gasteiger partial charge in [0, 0.05) is 5.69 Å². The van der Waals surface area contributed by atoms with Gasteiger partial charge in [-0.25, -0.2) is 13.2 Å². The summed E-state index contributed by atoms with van der Waals surface area (Å²) >= 11 is 0. The minimum absolute atomic E-state index is 0.176. The first-order chi connectivity index (χ1) is 13.7. The molecular weight excluding hydrogens is 396 g/mol. The number of carbonyl (C=O) groups is 2. The van der Waals surface area contributed by atoms with Gasteiger partial charge in [-0.3, -0.25) is 4.79 Å². The Morgan fingerprint density at radius 1 is 1.10 bits per heavy atom. The lowest BCUT2D eigenvalue weighted by Crippen LogP contribution is -2.30. The number of carbonyl (C=O) groups excluding carboxylic acids is 2. The fourth-order valence-electron chi connectivity index (χ4n) is 2.34. The summed E-state index contributed by atoms with van der Waals surface area (Å²) in [7, 11) is -1.99. The number of nitrogens with one attached hydrogen (secondary N) is 1. The first-order valence-electron chi connectivity index (χ1n) is 8.56. The highest BCUT2D eigenvalue weighted by Gasteiger charge is 2.19. The zero-order chi connectivity index (χ0) is 21.4. The molecule has 0 aliphatic carbocycles. The van der Waals surface area contributed by atoms with Crippen molar-refractivity contribution in [3.05, 3.63) is 59.7 Å². The molecule has 0 aromatic heterocycles. The molecule has 0 bridgehead atoms. The van der Waals surface area contributed by atoms with Gasteiger partial charge in [0.15, 0.2) is 15.9 Å². The van der Waals surface area contributed by atoms with Crippen molar-refractivity contribution < 1.29 is 27.5 Å². The summed E-state index contributed by atoms with van der Waals surface area (Å²) in [6, 6.07) is 14.0. The number of rotatable bonds is 8. The van der Waals surface area contributed by atoms with E-state index in [1.165, 1.54) is 38.3 Å². The Morgan fingerprint density at radius 3 is 2.28 bits per heavy atom. The molecule has 0 spiro atoms. The monoisotopic (exact) mass is 416 g/mol. The van der Waals surface area contributed by atoms with Gasteiger partial charge in [-0.05, 0) is 48.9 Å². The second-order valence-electron chi connectivity index (χ2n) is 6.15. The SMILES string of the molecule is COc1ccc(NC(=O)[C@H](C)OC(=O)c2ccc(CS(=O)(=O)CC#N)cc2)cc1. The molecule has 0 radical (unpaired) electrons. The Balaban J connectivity index is 1.94. The van der Waals surface area contributed by atoms with Crippen molar-refractivity contribution in [2.75, 3.05) is 18.2 Å². The summed E-state index contributed by atoms with van der Waals surface area (Å²) in [5.74, 6) is -1.43. The minimum atomic E-state index is -3.52. The topological polar surface area (TPSA) is 123 Å². The van der Waals surface area contributed by atoms with Crippen molar-refractivity contribution in [1.82, 2.24) is 0 Å². The highest BCUT2D eigenvalue weighted by Crippen LogP contribution is 2.16.